The van der Waals surface area contributed by atoms with Gasteiger partial charge in [-0.2, -0.15) is 10.2 Å². The first-order chi connectivity index (χ1) is 9.47. The van der Waals surface area contributed by atoms with Gasteiger partial charge >= 0.3 is 0 Å². The Hall–Kier alpha value is -0.900. The Morgan fingerprint density at radius 1 is 1.45 bits per heavy atom. The molecule has 8 heteroatoms. The van der Waals surface area contributed by atoms with Gasteiger partial charge in [0.2, 0.25) is 0 Å². The Kier molecular flexibility index (Phi) is 5.19. The van der Waals surface area contributed by atoms with Crippen molar-refractivity contribution in [1.82, 2.24) is 24.9 Å². The lowest BCUT2D eigenvalue weighted by Crippen LogP contribution is -2.26. The molecule has 2 rings (SSSR count). The number of nitrogens with zero attached hydrogens (tertiary/aromatic N) is 4. The van der Waals surface area contributed by atoms with E-state index >= 15 is 0 Å². The molecule has 0 fully saturated rings. The highest BCUT2D eigenvalue weighted by Crippen LogP contribution is 2.13. The van der Waals surface area contributed by atoms with Crippen molar-refractivity contribution < 1.29 is 4.79 Å². The lowest BCUT2D eigenvalue weighted by atomic mass is 10.3. The monoisotopic (exact) mass is 451 g/mol. The van der Waals surface area contributed by atoms with Crippen LogP contribution in [-0.4, -0.2) is 32.0 Å². The fourth-order valence-corrected chi connectivity index (χ4v) is 2.82. The molecule has 108 valence electrons. The maximum atomic E-state index is 11.9. The van der Waals surface area contributed by atoms with Crippen LogP contribution in [0.3, 0.4) is 0 Å². The van der Waals surface area contributed by atoms with E-state index in [-0.39, 0.29) is 5.91 Å². The summed E-state index contributed by atoms with van der Waals surface area (Å²) in [6.45, 7) is 3.32. The Morgan fingerprint density at radius 3 is 2.75 bits per heavy atom. The van der Waals surface area contributed by atoms with E-state index in [4.69, 9.17) is 0 Å². The fraction of sp³-hybridized carbons (Fsp3) is 0.417. The van der Waals surface area contributed by atoms with Gasteiger partial charge in [-0.3, -0.25) is 14.2 Å². The first kappa shape index (κ1) is 15.5. The van der Waals surface area contributed by atoms with E-state index in [1.807, 2.05) is 24.0 Å². The second-order valence-corrected chi connectivity index (χ2v) is 6.45. The second-order valence-electron chi connectivity index (χ2n) is 4.43. The minimum atomic E-state index is -0.132. The van der Waals surface area contributed by atoms with Gasteiger partial charge in [-0.05, 0) is 51.9 Å². The number of halogens is 2. The third kappa shape index (κ3) is 3.81. The van der Waals surface area contributed by atoms with Crippen LogP contribution < -0.4 is 5.32 Å². The Balaban J connectivity index is 1.78. The molecule has 0 aliphatic rings. The maximum absolute atomic E-state index is 11.9. The van der Waals surface area contributed by atoms with Gasteiger partial charge in [0, 0.05) is 32.5 Å². The molecule has 1 amide bonds. The molecule has 6 nitrogen and oxygen atoms in total. The largest absolute Gasteiger partial charge is 0.351 e. The standard InChI is InChI=1S/C12H15BrIN5O/c1-8-9(13)6-19(16-8)5-3-4-15-12(20)11-10(14)7-18(2)17-11/h6-7H,3-5H2,1-2H3,(H,15,20). The summed E-state index contributed by atoms with van der Waals surface area (Å²) in [5, 5.41) is 11.4. The van der Waals surface area contributed by atoms with Gasteiger partial charge in [0.15, 0.2) is 5.69 Å². The number of carbonyl (C=O) groups excluding carboxylic acids is 1. The van der Waals surface area contributed by atoms with E-state index in [1.54, 1.807) is 11.7 Å². The summed E-state index contributed by atoms with van der Waals surface area (Å²) in [6, 6.07) is 0. The zero-order valence-corrected chi connectivity index (χ0v) is 15.0. The smallest absolute Gasteiger partial charge is 0.272 e. The van der Waals surface area contributed by atoms with Gasteiger partial charge in [0.1, 0.15) is 0 Å². The predicted molar refractivity (Wildman–Crippen MR) is 87.5 cm³/mol. The minimum absolute atomic E-state index is 0.132. The molecule has 0 aliphatic carbocycles. The third-order valence-electron chi connectivity index (χ3n) is 2.74. The van der Waals surface area contributed by atoms with E-state index in [2.05, 4.69) is 54.0 Å². The average molecular weight is 452 g/mol. The first-order valence-electron chi connectivity index (χ1n) is 6.14. The van der Waals surface area contributed by atoms with Gasteiger partial charge in [0.25, 0.3) is 5.91 Å². The predicted octanol–water partition coefficient (Wildman–Crippen LogP) is 2.11. The summed E-state index contributed by atoms with van der Waals surface area (Å²) in [7, 11) is 1.80. The van der Waals surface area contributed by atoms with Crippen molar-refractivity contribution in [2.24, 2.45) is 7.05 Å². The van der Waals surface area contributed by atoms with Crippen molar-refractivity contribution in [1.29, 1.82) is 0 Å². The van der Waals surface area contributed by atoms with Crippen LogP contribution in [0.4, 0.5) is 0 Å². The van der Waals surface area contributed by atoms with Crippen LogP contribution in [0.1, 0.15) is 22.6 Å². The third-order valence-corrected chi connectivity index (χ3v) is 4.30. The molecule has 2 aromatic rings. The number of hydrogen-bond donors (Lipinski definition) is 1. The van der Waals surface area contributed by atoms with Crippen molar-refractivity contribution >= 4 is 44.4 Å². The van der Waals surface area contributed by atoms with E-state index in [9.17, 15) is 4.79 Å². The molecule has 0 atom stereocenters. The highest BCUT2D eigenvalue weighted by molar-refractivity contribution is 14.1. The Morgan fingerprint density at radius 2 is 2.20 bits per heavy atom. The van der Waals surface area contributed by atoms with Crippen molar-refractivity contribution in [2.75, 3.05) is 6.54 Å². The summed E-state index contributed by atoms with van der Waals surface area (Å²) in [4.78, 5) is 11.9. The zero-order valence-electron chi connectivity index (χ0n) is 11.2. The van der Waals surface area contributed by atoms with Crippen LogP contribution in [-0.2, 0) is 13.6 Å². The molecule has 0 aromatic carbocycles. The van der Waals surface area contributed by atoms with E-state index in [0.717, 1.165) is 26.7 Å². The number of aryl methyl sites for hydroxylation is 3. The Labute approximate surface area is 139 Å². The number of rotatable bonds is 5. The topological polar surface area (TPSA) is 64.7 Å². The van der Waals surface area contributed by atoms with Crippen molar-refractivity contribution in [3.8, 4) is 0 Å². The molecule has 2 aromatic heterocycles. The molecule has 0 radical (unpaired) electrons. The number of carbonyl (C=O) groups is 1. The van der Waals surface area contributed by atoms with Crippen molar-refractivity contribution in [2.45, 2.75) is 19.9 Å². The molecule has 0 bridgehead atoms. The van der Waals surface area contributed by atoms with Crippen LogP contribution in [0, 0.1) is 10.5 Å². The average Bonchev–Trinajstić information content (AvgIpc) is 2.88. The summed E-state index contributed by atoms with van der Waals surface area (Å²) >= 11 is 5.53. The van der Waals surface area contributed by atoms with Gasteiger partial charge in [-0.15, -0.1) is 0 Å². The van der Waals surface area contributed by atoms with Crippen LogP contribution in [0.25, 0.3) is 0 Å². The molecular weight excluding hydrogens is 437 g/mol. The quantitative estimate of drug-likeness (QED) is 0.559. The highest BCUT2D eigenvalue weighted by Gasteiger charge is 2.13. The molecule has 0 saturated heterocycles. The normalized spacial score (nSPS) is 10.8. The number of hydrogen-bond acceptors (Lipinski definition) is 3. The van der Waals surface area contributed by atoms with E-state index in [0.29, 0.717) is 12.2 Å². The van der Waals surface area contributed by atoms with Crippen molar-refractivity contribution in [3.05, 3.63) is 31.8 Å². The van der Waals surface area contributed by atoms with Crippen LogP contribution in [0.15, 0.2) is 16.9 Å². The summed E-state index contributed by atoms with van der Waals surface area (Å²) < 4.78 is 5.37. The lowest BCUT2D eigenvalue weighted by molar-refractivity contribution is 0.0946. The van der Waals surface area contributed by atoms with Crippen LogP contribution >= 0.6 is 38.5 Å². The van der Waals surface area contributed by atoms with E-state index < -0.39 is 0 Å². The Bertz CT molecular complexity index is 602. The van der Waals surface area contributed by atoms with Crippen LogP contribution in [0.2, 0.25) is 0 Å². The van der Waals surface area contributed by atoms with Gasteiger partial charge in [0.05, 0.1) is 13.7 Å². The molecule has 0 spiro atoms. The highest BCUT2D eigenvalue weighted by atomic mass is 127. The molecule has 2 heterocycles. The molecule has 0 saturated carbocycles. The first-order valence-corrected chi connectivity index (χ1v) is 8.01. The number of aromatic nitrogens is 4. The van der Waals surface area contributed by atoms with Crippen LogP contribution in [0.5, 0.6) is 0 Å². The fourth-order valence-electron chi connectivity index (χ4n) is 1.75. The van der Waals surface area contributed by atoms with E-state index in [1.165, 1.54) is 0 Å². The molecule has 1 N–H and O–H groups in total. The van der Waals surface area contributed by atoms with Gasteiger partial charge in [-0.25, -0.2) is 0 Å². The lowest BCUT2D eigenvalue weighted by Gasteiger charge is -2.04. The molecule has 0 unspecified atom stereocenters. The second kappa shape index (κ2) is 6.70. The zero-order chi connectivity index (χ0) is 14.7. The molecule has 20 heavy (non-hydrogen) atoms. The minimum Gasteiger partial charge on any atom is -0.351 e. The maximum Gasteiger partial charge on any atom is 0.272 e. The molecular formula is C12H15BrIN5O. The summed E-state index contributed by atoms with van der Waals surface area (Å²) in [6.07, 6.45) is 4.58. The molecule has 0 aliphatic heterocycles. The summed E-state index contributed by atoms with van der Waals surface area (Å²) in [5.41, 5.74) is 1.45. The number of amides is 1. The summed E-state index contributed by atoms with van der Waals surface area (Å²) in [5.74, 6) is -0.132. The SMILES string of the molecule is Cc1nn(CCCNC(=O)c2nn(C)cc2I)cc1Br. The van der Waals surface area contributed by atoms with Gasteiger partial charge in [-0.1, -0.05) is 0 Å². The number of nitrogens with one attached hydrogen (secondary N) is 1. The van der Waals surface area contributed by atoms with Crippen molar-refractivity contribution in [3.63, 3.8) is 0 Å². The van der Waals surface area contributed by atoms with Gasteiger partial charge < -0.3 is 5.32 Å².